The Bertz CT molecular complexity index is 437. The van der Waals surface area contributed by atoms with Crippen molar-refractivity contribution >= 4 is 5.97 Å². The van der Waals surface area contributed by atoms with Gasteiger partial charge in [0.25, 0.3) is 0 Å². The van der Waals surface area contributed by atoms with E-state index in [1.165, 1.54) is 11.4 Å². The maximum atomic E-state index is 11.0. The Balaban J connectivity index is 2.31. The van der Waals surface area contributed by atoms with Crippen LogP contribution in [0, 0.1) is 19.8 Å². The van der Waals surface area contributed by atoms with Gasteiger partial charge < -0.3 is 9.67 Å². The lowest BCUT2D eigenvalue weighted by molar-refractivity contribution is -0.140. The van der Waals surface area contributed by atoms with Gasteiger partial charge in [-0.05, 0) is 39.3 Å². The van der Waals surface area contributed by atoms with Crippen molar-refractivity contribution in [3.8, 4) is 0 Å². The average Bonchev–Trinajstić information content (AvgIpc) is 2.70. The fraction of sp³-hybridized carbons (Fsp3) is 0.462. The van der Waals surface area contributed by atoms with Gasteiger partial charge in [0.1, 0.15) is 0 Å². The van der Waals surface area contributed by atoms with Crippen molar-refractivity contribution in [2.45, 2.75) is 33.2 Å². The fourth-order valence-corrected chi connectivity index (χ4v) is 2.59. The summed E-state index contributed by atoms with van der Waals surface area (Å²) < 4.78 is 2.21. The molecule has 0 radical (unpaired) electrons. The second-order valence-electron chi connectivity index (χ2n) is 4.59. The third-order valence-electron chi connectivity index (χ3n) is 3.44. The molecule has 86 valence electrons. The zero-order chi connectivity index (χ0) is 11.9. The molecule has 1 aliphatic rings. The Morgan fingerprint density at radius 1 is 1.31 bits per heavy atom. The van der Waals surface area contributed by atoms with E-state index in [0.29, 0.717) is 6.42 Å². The Hall–Kier alpha value is -1.51. The van der Waals surface area contributed by atoms with Crippen LogP contribution in [0.4, 0.5) is 0 Å². The molecule has 3 nitrogen and oxygen atoms in total. The smallest absolute Gasteiger partial charge is 0.310 e. The molecule has 0 saturated heterocycles. The highest BCUT2D eigenvalue weighted by Crippen LogP contribution is 2.35. The van der Waals surface area contributed by atoms with Crippen molar-refractivity contribution < 1.29 is 9.90 Å². The number of hydrogen-bond donors (Lipinski definition) is 1. The molecule has 0 aromatic carbocycles. The first-order valence-corrected chi connectivity index (χ1v) is 5.56. The van der Waals surface area contributed by atoms with Gasteiger partial charge in [0, 0.05) is 11.4 Å². The third-order valence-corrected chi connectivity index (χ3v) is 3.44. The van der Waals surface area contributed by atoms with Crippen LogP contribution in [-0.2, 0) is 4.79 Å². The van der Waals surface area contributed by atoms with Gasteiger partial charge in [0.2, 0.25) is 0 Å². The molecule has 0 aliphatic heterocycles. The predicted molar refractivity (Wildman–Crippen MR) is 62.4 cm³/mol. The number of aromatic nitrogens is 1. The lowest BCUT2D eigenvalue weighted by Gasteiger charge is -2.16. The zero-order valence-electron chi connectivity index (χ0n) is 9.90. The number of rotatable bonds is 2. The molecule has 2 atom stereocenters. The molecule has 1 aromatic heterocycles. The molecule has 0 saturated carbocycles. The van der Waals surface area contributed by atoms with Crippen molar-refractivity contribution in [2.24, 2.45) is 5.92 Å². The molecule has 0 bridgehead atoms. The van der Waals surface area contributed by atoms with Gasteiger partial charge in [-0.25, -0.2) is 0 Å². The Labute approximate surface area is 95.4 Å². The van der Waals surface area contributed by atoms with Crippen molar-refractivity contribution in [3.63, 3.8) is 0 Å². The molecule has 1 N–H and O–H groups in total. The highest BCUT2D eigenvalue weighted by atomic mass is 16.4. The molecule has 2 rings (SSSR count). The minimum Gasteiger partial charge on any atom is -0.481 e. The molecule has 3 heteroatoms. The minimum absolute atomic E-state index is 0.205. The topological polar surface area (TPSA) is 42.2 Å². The molecule has 0 spiro atoms. The molecule has 0 amide bonds. The van der Waals surface area contributed by atoms with Crippen molar-refractivity contribution in [2.75, 3.05) is 0 Å². The third kappa shape index (κ3) is 1.66. The second-order valence-corrected chi connectivity index (χ2v) is 4.59. The van der Waals surface area contributed by atoms with Crippen LogP contribution in [0.15, 0.2) is 23.8 Å². The van der Waals surface area contributed by atoms with Crippen molar-refractivity contribution in [1.29, 1.82) is 0 Å². The number of aryl methyl sites for hydroxylation is 2. The van der Waals surface area contributed by atoms with E-state index in [1.807, 2.05) is 6.92 Å². The number of aliphatic carboxylic acids is 1. The van der Waals surface area contributed by atoms with Crippen LogP contribution in [0.5, 0.6) is 0 Å². The Morgan fingerprint density at radius 2 is 1.88 bits per heavy atom. The van der Waals surface area contributed by atoms with Crippen LogP contribution < -0.4 is 0 Å². The number of allylic oxidation sites excluding steroid dienone is 1. The summed E-state index contributed by atoms with van der Waals surface area (Å²) in [5.41, 5.74) is 3.36. The number of carbonyl (C=O) groups is 1. The van der Waals surface area contributed by atoms with Gasteiger partial charge >= 0.3 is 5.97 Å². The van der Waals surface area contributed by atoms with E-state index in [9.17, 15) is 4.79 Å². The number of hydrogen-bond acceptors (Lipinski definition) is 1. The molecule has 1 aliphatic carbocycles. The summed E-state index contributed by atoms with van der Waals surface area (Å²) >= 11 is 0. The first-order valence-electron chi connectivity index (χ1n) is 5.56. The average molecular weight is 219 g/mol. The maximum absolute atomic E-state index is 11.0. The van der Waals surface area contributed by atoms with Crippen LogP contribution in [0.2, 0.25) is 0 Å². The maximum Gasteiger partial charge on any atom is 0.310 e. The van der Waals surface area contributed by atoms with E-state index >= 15 is 0 Å². The second kappa shape index (κ2) is 3.81. The summed E-state index contributed by atoms with van der Waals surface area (Å²) in [5.74, 6) is -1.02. The fourth-order valence-electron chi connectivity index (χ4n) is 2.59. The van der Waals surface area contributed by atoms with Gasteiger partial charge in [-0.15, -0.1) is 0 Å². The highest BCUT2D eigenvalue weighted by Gasteiger charge is 2.30. The summed E-state index contributed by atoms with van der Waals surface area (Å²) in [7, 11) is 0. The number of nitrogens with zero attached hydrogens (tertiary/aromatic N) is 1. The van der Waals surface area contributed by atoms with E-state index < -0.39 is 5.97 Å². The highest BCUT2D eigenvalue weighted by molar-refractivity contribution is 5.74. The van der Waals surface area contributed by atoms with E-state index in [1.54, 1.807) is 0 Å². The minimum atomic E-state index is -0.710. The van der Waals surface area contributed by atoms with Crippen LogP contribution >= 0.6 is 0 Å². The van der Waals surface area contributed by atoms with Crippen LogP contribution in [0.3, 0.4) is 0 Å². The number of carboxylic acids is 1. The molecular weight excluding hydrogens is 202 g/mol. The zero-order valence-corrected chi connectivity index (χ0v) is 9.90. The molecule has 16 heavy (non-hydrogen) atoms. The standard InChI is InChI=1S/C13H17NO2/c1-8-6-11(7-12(8)13(15)16)14-9(2)4-5-10(14)3/h4-6,11-12H,7H2,1-3H3,(H,15,16)/t11-,12-/m1/s1. The molecule has 0 unspecified atom stereocenters. The van der Waals surface area contributed by atoms with Gasteiger partial charge in [0.05, 0.1) is 12.0 Å². The molecule has 1 heterocycles. The SMILES string of the molecule is CC1=C[C@@H](n2c(C)ccc2C)C[C@H]1C(=O)O. The summed E-state index contributed by atoms with van der Waals surface area (Å²) in [4.78, 5) is 11.0. The van der Waals surface area contributed by atoms with E-state index in [0.717, 1.165) is 5.57 Å². The first kappa shape index (κ1) is 11.0. The van der Waals surface area contributed by atoms with Gasteiger partial charge in [-0.1, -0.05) is 11.6 Å². The Morgan fingerprint density at radius 3 is 2.31 bits per heavy atom. The quantitative estimate of drug-likeness (QED) is 0.777. The lowest BCUT2D eigenvalue weighted by atomic mass is 10.0. The Kier molecular flexibility index (Phi) is 2.62. The van der Waals surface area contributed by atoms with E-state index in [4.69, 9.17) is 5.11 Å². The summed E-state index contributed by atoms with van der Waals surface area (Å²) in [6.07, 6.45) is 2.76. The molecule has 0 fully saturated rings. The van der Waals surface area contributed by atoms with Crippen molar-refractivity contribution in [1.82, 2.24) is 4.57 Å². The number of carboxylic acid groups (broad SMARTS) is 1. The van der Waals surface area contributed by atoms with Gasteiger partial charge in [0.15, 0.2) is 0 Å². The summed E-state index contributed by atoms with van der Waals surface area (Å²) in [6, 6.07) is 4.36. The van der Waals surface area contributed by atoms with Crippen LogP contribution in [0.1, 0.15) is 30.8 Å². The van der Waals surface area contributed by atoms with Crippen LogP contribution in [0.25, 0.3) is 0 Å². The monoisotopic (exact) mass is 219 g/mol. The normalized spacial score (nSPS) is 24.6. The van der Waals surface area contributed by atoms with Crippen LogP contribution in [-0.4, -0.2) is 15.6 Å². The summed E-state index contributed by atoms with van der Waals surface area (Å²) in [6.45, 7) is 6.03. The largest absolute Gasteiger partial charge is 0.481 e. The van der Waals surface area contributed by atoms with E-state index in [-0.39, 0.29) is 12.0 Å². The van der Waals surface area contributed by atoms with Gasteiger partial charge in [-0.2, -0.15) is 0 Å². The first-order chi connectivity index (χ1) is 7.50. The molecule has 1 aromatic rings. The lowest BCUT2D eigenvalue weighted by Crippen LogP contribution is -2.15. The predicted octanol–water partition coefficient (Wildman–Crippen LogP) is 2.70. The summed E-state index contributed by atoms with van der Waals surface area (Å²) in [5, 5.41) is 9.09. The van der Waals surface area contributed by atoms with Crippen molar-refractivity contribution in [3.05, 3.63) is 35.2 Å². The molecular formula is C13H17NO2. The van der Waals surface area contributed by atoms with Gasteiger partial charge in [-0.3, -0.25) is 4.79 Å². The van der Waals surface area contributed by atoms with E-state index in [2.05, 4.69) is 36.6 Å².